The fraction of sp³-hybridized carbons (Fsp3) is 0.750. The van der Waals surface area contributed by atoms with Crippen LogP contribution in [0.2, 0.25) is 0 Å². The SMILES string of the molecule is CNCc1sc(N(C)CCS(C)(=O)=O)nc1C1CC1. The van der Waals surface area contributed by atoms with Crippen molar-refractivity contribution in [3.63, 3.8) is 0 Å². The van der Waals surface area contributed by atoms with Crippen molar-refractivity contribution in [2.24, 2.45) is 0 Å². The minimum atomic E-state index is -2.92. The van der Waals surface area contributed by atoms with Gasteiger partial charge in [0, 0.05) is 37.2 Å². The van der Waals surface area contributed by atoms with Crippen LogP contribution in [0.3, 0.4) is 0 Å². The van der Waals surface area contributed by atoms with Gasteiger partial charge in [-0.1, -0.05) is 0 Å². The molecular formula is C12H21N3O2S2. The van der Waals surface area contributed by atoms with Gasteiger partial charge < -0.3 is 10.2 Å². The third kappa shape index (κ3) is 4.15. The molecule has 0 aliphatic heterocycles. The van der Waals surface area contributed by atoms with Crippen LogP contribution in [0.4, 0.5) is 5.13 Å². The fourth-order valence-electron chi connectivity index (χ4n) is 1.88. The molecule has 1 fully saturated rings. The highest BCUT2D eigenvalue weighted by Crippen LogP contribution is 2.44. The molecule has 108 valence electrons. The summed E-state index contributed by atoms with van der Waals surface area (Å²) in [5.41, 5.74) is 1.21. The molecule has 0 bridgehead atoms. The molecule has 0 atom stereocenters. The molecule has 7 heteroatoms. The summed E-state index contributed by atoms with van der Waals surface area (Å²) in [5.74, 6) is 0.792. The molecule has 19 heavy (non-hydrogen) atoms. The van der Waals surface area contributed by atoms with Gasteiger partial charge in [0.15, 0.2) is 5.13 Å². The van der Waals surface area contributed by atoms with Crippen molar-refractivity contribution in [1.29, 1.82) is 0 Å². The van der Waals surface area contributed by atoms with E-state index in [0.717, 1.165) is 11.7 Å². The lowest BCUT2D eigenvalue weighted by molar-refractivity contribution is 0.601. The van der Waals surface area contributed by atoms with Crippen LogP contribution in [-0.2, 0) is 16.4 Å². The molecule has 2 rings (SSSR count). The number of hydrogen-bond donors (Lipinski definition) is 1. The Morgan fingerprint density at radius 2 is 2.16 bits per heavy atom. The van der Waals surface area contributed by atoms with E-state index in [4.69, 9.17) is 4.98 Å². The second kappa shape index (κ2) is 5.76. The molecule has 0 spiro atoms. The molecule has 1 aliphatic carbocycles. The zero-order valence-electron chi connectivity index (χ0n) is 11.6. The predicted molar refractivity (Wildman–Crippen MR) is 79.8 cm³/mol. The molecule has 5 nitrogen and oxygen atoms in total. The van der Waals surface area contributed by atoms with Crippen LogP contribution in [0.25, 0.3) is 0 Å². The number of rotatable bonds is 7. The van der Waals surface area contributed by atoms with Crippen LogP contribution in [0.1, 0.15) is 29.3 Å². The number of sulfone groups is 1. The summed E-state index contributed by atoms with van der Waals surface area (Å²) in [7, 11) is 0.919. The highest BCUT2D eigenvalue weighted by molar-refractivity contribution is 7.90. The first-order valence-electron chi connectivity index (χ1n) is 6.44. The Morgan fingerprint density at radius 1 is 1.47 bits per heavy atom. The van der Waals surface area contributed by atoms with Crippen molar-refractivity contribution in [3.8, 4) is 0 Å². The summed E-state index contributed by atoms with van der Waals surface area (Å²) >= 11 is 1.67. The number of nitrogens with one attached hydrogen (secondary N) is 1. The smallest absolute Gasteiger partial charge is 0.185 e. The van der Waals surface area contributed by atoms with Gasteiger partial charge in [0.05, 0.1) is 11.4 Å². The molecular weight excluding hydrogens is 282 g/mol. The molecule has 1 saturated carbocycles. The Bertz CT molecular complexity index is 535. The number of aromatic nitrogens is 1. The van der Waals surface area contributed by atoms with E-state index in [1.165, 1.54) is 29.7 Å². The number of nitrogens with zero attached hydrogens (tertiary/aromatic N) is 2. The highest BCUT2D eigenvalue weighted by Gasteiger charge is 2.30. The molecule has 1 heterocycles. The molecule has 0 amide bonds. The van der Waals surface area contributed by atoms with Crippen molar-refractivity contribution >= 4 is 26.3 Å². The molecule has 0 unspecified atom stereocenters. The normalized spacial score (nSPS) is 15.7. The lowest BCUT2D eigenvalue weighted by atomic mass is 10.2. The summed E-state index contributed by atoms with van der Waals surface area (Å²) in [4.78, 5) is 7.93. The van der Waals surface area contributed by atoms with Crippen molar-refractivity contribution in [2.45, 2.75) is 25.3 Å². The zero-order chi connectivity index (χ0) is 14.0. The number of hydrogen-bond acceptors (Lipinski definition) is 6. The van der Waals surface area contributed by atoms with E-state index in [0.29, 0.717) is 12.5 Å². The number of anilines is 1. The standard InChI is InChI=1S/C12H21N3O2S2/c1-13-8-10-11(9-4-5-9)14-12(18-10)15(2)6-7-19(3,16)17/h9,13H,4-8H2,1-3H3. The molecule has 1 aromatic rings. The maximum atomic E-state index is 11.2. The monoisotopic (exact) mass is 303 g/mol. The van der Waals surface area contributed by atoms with E-state index in [1.54, 1.807) is 11.3 Å². The molecule has 1 N–H and O–H groups in total. The average molecular weight is 303 g/mol. The first-order chi connectivity index (χ1) is 8.90. The maximum Gasteiger partial charge on any atom is 0.185 e. The Balaban J connectivity index is 2.08. The Labute approximate surface area is 119 Å². The van der Waals surface area contributed by atoms with E-state index < -0.39 is 9.84 Å². The molecule has 0 aromatic carbocycles. The van der Waals surface area contributed by atoms with E-state index >= 15 is 0 Å². The van der Waals surface area contributed by atoms with Crippen LogP contribution in [0.15, 0.2) is 0 Å². The molecule has 0 radical (unpaired) electrons. The molecule has 1 aliphatic rings. The average Bonchev–Trinajstić information content (AvgIpc) is 3.08. The Hall–Kier alpha value is -0.660. The second-order valence-corrected chi connectivity index (χ2v) is 8.48. The predicted octanol–water partition coefficient (Wildman–Crippen LogP) is 1.22. The summed E-state index contributed by atoms with van der Waals surface area (Å²) < 4.78 is 22.4. The van der Waals surface area contributed by atoms with E-state index in [2.05, 4.69) is 5.32 Å². The van der Waals surface area contributed by atoms with Crippen molar-refractivity contribution in [1.82, 2.24) is 10.3 Å². The number of thiazole rings is 1. The Kier molecular flexibility index (Phi) is 4.47. The van der Waals surface area contributed by atoms with E-state index in [1.807, 2.05) is 19.0 Å². The van der Waals surface area contributed by atoms with Crippen LogP contribution in [0, 0.1) is 0 Å². The van der Waals surface area contributed by atoms with Gasteiger partial charge in [0.2, 0.25) is 0 Å². The maximum absolute atomic E-state index is 11.2. The van der Waals surface area contributed by atoms with Gasteiger partial charge in [-0.25, -0.2) is 13.4 Å². The summed E-state index contributed by atoms with van der Waals surface area (Å²) in [6.07, 6.45) is 3.73. The van der Waals surface area contributed by atoms with Crippen LogP contribution in [0.5, 0.6) is 0 Å². The van der Waals surface area contributed by atoms with Gasteiger partial charge in [-0.05, 0) is 19.9 Å². The van der Waals surface area contributed by atoms with Gasteiger partial charge >= 0.3 is 0 Å². The van der Waals surface area contributed by atoms with E-state index in [-0.39, 0.29) is 5.75 Å². The minimum absolute atomic E-state index is 0.170. The Morgan fingerprint density at radius 3 is 2.68 bits per heavy atom. The zero-order valence-corrected chi connectivity index (χ0v) is 13.3. The quantitative estimate of drug-likeness (QED) is 0.820. The minimum Gasteiger partial charge on any atom is -0.350 e. The van der Waals surface area contributed by atoms with Crippen molar-refractivity contribution in [2.75, 3.05) is 37.5 Å². The van der Waals surface area contributed by atoms with Gasteiger partial charge in [0.25, 0.3) is 0 Å². The first kappa shape index (κ1) is 14.7. The lowest BCUT2D eigenvalue weighted by Crippen LogP contribution is -2.24. The van der Waals surface area contributed by atoms with Crippen LogP contribution < -0.4 is 10.2 Å². The topological polar surface area (TPSA) is 62.3 Å². The third-order valence-corrected chi connectivity index (χ3v) is 5.25. The summed E-state index contributed by atoms with van der Waals surface area (Å²) in [6, 6.07) is 0. The van der Waals surface area contributed by atoms with Gasteiger partial charge in [-0.15, -0.1) is 11.3 Å². The summed E-state index contributed by atoms with van der Waals surface area (Å²) in [5, 5.41) is 4.10. The van der Waals surface area contributed by atoms with E-state index in [9.17, 15) is 8.42 Å². The van der Waals surface area contributed by atoms with Gasteiger partial charge in [-0.3, -0.25) is 0 Å². The van der Waals surface area contributed by atoms with Gasteiger partial charge in [0.1, 0.15) is 9.84 Å². The van der Waals surface area contributed by atoms with Crippen LogP contribution in [-0.4, -0.2) is 46.1 Å². The molecule has 0 saturated heterocycles. The fourth-order valence-corrected chi connectivity index (χ4v) is 3.63. The summed E-state index contributed by atoms with van der Waals surface area (Å²) in [6.45, 7) is 1.33. The first-order valence-corrected chi connectivity index (χ1v) is 9.31. The van der Waals surface area contributed by atoms with Crippen LogP contribution >= 0.6 is 11.3 Å². The third-order valence-electron chi connectivity index (χ3n) is 3.14. The highest BCUT2D eigenvalue weighted by atomic mass is 32.2. The van der Waals surface area contributed by atoms with Gasteiger partial charge in [-0.2, -0.15) is 0 Å². The molecule has 1 aromatic heterocycles. The van der Waals surface area contributed by atoms with Crippen molar-refractivity contribution < 1.29 is 8.42 Å². The lowest BCUT2D eigenvalue weighted by Gasteiger charge is -2.14. The second-order valence-electron chi connectivity index (χ2n) is 5.16. The van der Waals surface area contributed by atoms with Crippen molar-refractivity contribution in [3.05, 3.63) is 10.6 Å². The largest absolute Gasteiger partial charge is 0.350 e.